The van der Waals surface area contributed by atoms with Gasteiger partial charge < -0.3 is 15.4 Å². The van der Waals surface area contributed by atoms with E-state index in [0.717, 1.165) is 19.5 Å². The smallest absolute Gasteiger partial charge is 0.410 e. The van der Waals surface area contributed by atoms with Gasteiger partial charge in [-0.1, -0.05) is 25.1 Å². The maximum absolute atomic E-state index is 11.7. The number of hydrogen-bond acceptors (Lipinski definition) is 3. The molecule has 1 aliphatic heterocycles. The highest BCUT2D eigenvalue weighted by Crippen LogP contribution is 2.12. The quantitative estimate of drug-likeness (QED) is 0.820. The topological polar surface area (TPSA) is 50.4 Å². The van der Waals surface area contributed by atoms with Gasteiger partial charge in [0.15, 0.2) is 0 Å². The lowest BCUT2D eigenvalue weighted by Crippen LogP contribution is -2.50. The van der Waals surface area contributed by atoms with Crippen molar-refractivity contribution < 1.29 is 9.53 Å². The van der Waals surface area contributed by atoms with Crippen molar-refractivity contribution in [2.24, 2.45) is 5.92 Å². The van der Waals surface area contributed by atoms with Crippen LogP contribution < -0.4 is 15.4 Å². The van der Waals surface area contributed by atoms with Gasteiger partial charge in [0.1, 0.15) is 5.75 Å². The van der Waals surface area contributed by atoms with Crippen molar-refractivity contribution in [3.63, 3.8) is 0 Å². The van der Waals surface area contributed by atoms with Crippen LogP contribution in [0.2, 0.25) is 0 Å². The second-order valence-electron chi connectivity index (χ2n) is 4.42. The molecule has 1 fully saturated rings. The number of amides is 1. The van der Waals surface area contributed by atoms with Crippen molar-refractivity contribution in [1.82, 2.24) is 10.6 Å². The van der Waals surface area contributed by atoms with Crippen LogP contribution in [0, 0.1) is 5.92 Å². The number of hydrogen-bond donors (Lipinski definition) is 2. The van der Waals surface area contributed by atoms with E-state index in [0.29, 0.717) is 11.7 Å². The summed E-state index contributed by atoms with van der Waals surface area (Å²) < 4.78 is 5.19. The van der Waals surface area contributed by atoms with Crippen LogP contribution in [0.25, 0.3) is 0 Å². The number of rotatable bonds is 2. The summed E-state index contributed by atoms with van der Waals surface area (Å²) in [6, 6.07) is 9.25. The van der Waals surface area contributed by atoms with Crippen molar-refractivity contribution in [3.05, 3.63) is 30.3 Å². The highest BCUT2D eigenvalue weighted by molar-refractivity contribution is 5.70. The number of para-hydroxylation sites is 1. The molecule has 1 amide bonds. The minimum atomic E-state index is -0.378. The first-order valence-corrected chi connectivity index (χ1v) is 6.00. The third kappa shape index (κ3) is 3.46. The minimum absolute atomic E-state index is 0.153. The number of carbonyl (C=O) groups excluding carboxylic acids is 1. The molecule has 0 spiro atoms. The highest BCUT2D eigenvalue weighted by Gasteiger charge is 2.23. The molecular formula is C13H18N2O2. The molecule has 92 valence electrons. The summed E-state index contributed by atoms with van der Waals surface area (Å²) in [7, 11) is 0. The summed E-state index contributed by atoms with van der Waals surface area (Å²) >= 11 is 0. The molecule has 0 saturated carbocycles. The molecule has 1 aliphatic rings. The first kappa shape index (κ1) is 11.9. The third-order valence-corrected chi connectivity index (χ3v) is 3.08. The summed E-state index contributed by atoms with van der Waals surface area (Å²) in [5.41, 5.74) is 0. The summed E-state index contributed by atoms with van der Waals surface area (Å²) in [6.45, 7) is 3.98. The van der Waals surface area contributed by atoms with E-state index >= 15 is 0 Å². The molecule has 1 heterocycles. The Morgan fingerprint density at radius 1 is 1.41 bits per heavy atom. The van der Waals surface area contributed by atoms with Crippen LogP contribution in [-0.2, 0) is 0 Å². The molecule has 4 heteroatoms. The molecule has 1 aromatic carbocycles. The number of ether oxygens (including phenoxy) is 1. The summed E-state index contributed by atoms with van der Waals surface area (Å²) in [5.74, 6) is 1.06. The van der Waals surface area contributed by atoms with E-state index in [1.54, 1.807) is 12.1 Å². The van der Waals surface area contributed by atoms with E-state index in [1.165, 1.54) is 0 Å². The Balaban J connectivity index is 1.84. The molecule has 1 saturated heterocycles. The van der Waals surface area contributed by atoms with Crippen LogP contribution in [0.4, 0.5) is 4.79 Å². The van der Waals surface area contributed by atoms with Gasteiger partial charge in [0.2, 0.25) is 0 Å². The zero-order chi connectivity index (χ0) is 12.1. The fraction of sp³-hybridized carbons (Fsp3) is 0.462. The van der Waals surface area contributed by atoms with Gasteiger partial charge in [-0.2, -0.15) is 0 Å². The van der Waals surface area contributed by atoms with Gasteiger partial charge in [-0.25, -0.2) is 4.79 Å². The van der Waals surface area contributed by atoms with Crippen molar-refractivity contribution >= 4 is 6.09 Å². The molecular weight excluding hydrogens is 216 g/mol. The monoisotopic (exact) mass is 234 g/mol. The molecule has 1 aromatic rings. The van der Waals surface area contributed by atoms with E-state index in [-0.39, 0.29) is 12.1 Å². The number of benzene rings is 1. The zero-order valence-electron chi connectivity index (χ0n) is 9.98. The molecule has 2 unspecified atom stereocenters. The molecule has 2 atom stereocenters. The molecule has 4 nitrogen and oxygen atoms in total. The second-order valence-corrected chi connectivity index (χ2v) is 4.42. The summed E-state index contributed by atoms with van der Waals surface area (Å²) in [5, 5.41) is 6.16. The highest BCUT2D eigenvalue weighted by atomic mass is 16.6. The average molecular weight is 234 g/mol. The Hall–Kier alpha value is -1.55. The molecule has 0 bridgehead atoms. The van der Waals surface area contributed by atoms with Crippen LogP contribution >= 0.6 is 0 Å². The van der Waals surface area contributed by atoms with Crippen LogP contribution in [0.1, 0.15) is 13.3 Å². The maximum Gasteiger partial charge on any atom is 0.412 e. The van der Waals surface area contributed by atoms with E-state index in [9.17, 15) is 4.79 Å². The molecule has 2 N–H and O–H groups in total. The third-order valence-electron chi connectivity index (χ3n) is 3.08. The van der Waals surface area contributed by atoms with Gasteiger partial charge in [0.05, 0.1) is 0 Å². The van der Waals surface area contributed by atoms with Crippen molar-refractivity contribution in [2.75, 3.05) is 13.1 Å². The molecule has 0 aliphatic carbocycles. The van der Waals surface area contributed by atoms with E-state index in [4.69, 9.17) is 4.74 Å². The molecule has 0 radical (unpaired) electrons. The molecule has 0 aromatic heterocycles. The number of carbonyl (C=O) groups is 1. The fourth-order valence-electron chi connectivity index (χ4n) is 1.96. The van der Waals surface area contributed by atoms with Gasteiger partial charge in [-0.05, 0) is 31.0 Å². The Bertz CT molecular complexity index is 367. The fourth-order valence-corrected chi connectivity index (χ4v) is 1.96. The van der Waals surface area contributed by atoms with E-state index < -0.39 is 0 Å². The van der Waals surface area contributed by atoms with Gasteiger partial charge in [0.25, 0.3) is 0 Å². The standard InChI is InChI=1S/C13H18N2O2/c1-10-7-8-14-9-12(10)15-13(16)17-11-5-3-2-4-6-11/h2-6,10,12,14H,7-9H2,1H3,(H,15,16). The lowest BCUT2D eigenvalue weighted by Gasteiger charge is -2.29. The Morgan fingerprint density at radius 2 is 2.18 bits per heavy atom. The number of nitrogens with one attached hydrogen (secondary N) is 2. The summed E-state index contributed by atoms with van der Waals surface area (Å²) in [6.07, 6.45) is 0.702. The van der Waals surface area contributed by atoms with E-state index in [2.05, 4.69) is 17.6 Å². The average Bonchev–Trinajstić information content (AvgIpc) is 2.33. The van der Waals surface area contributed by atoms with Crippen molar-refractivity contribution in [2.45, 2.75) is 19.4 Å². The van der Waals surface area contributed by atoms with Crippen LogP contribution in [0.15, 0.2) is 30.3 Å². The number of piperidine rings is 1. The van der Waals surface area contributed by atoms with Crippen molar-refractivity contribution in [3.8, 4) is 5.75 Å². The van der Waals surface area contributed by atoms with Gasteiger partial charge in [0, 0.05) is 12.6 Å². The first-order chi connectivity index (χ1) is 8.25. The zero-order valence-corrected chi connectivity index (χ0v) is 9.98. The SMILES string of the molecule is CC1CCNCC1NC(=O)Oc1ccccc1. The Labute approximate surface area is 101 Å². The predicted octanol–water partition coefficient (Wildman–Crippen LogP) is 1.77. The van der Waals surface area contributed by atoms with Gasteiger partial charge in [-0.3, -0.25) is 0 Å². The largest absolute Gasteiger partial charge is 0.412 e. The Morgan fingerprint density at radius 3 is 2.88 bits per heavy atom. The normalized spacial score (nSPS) is 24.1. The lowest BCUT2D eigenvalue weighted by molar-refractivity contribution is 0.186. The van der Waals surface area contributed by atoms with E-state index in [1.807, 2.05) is 18.2 Å². The first-order valence-electron chi connectivity index (χ1n) is 6.00. The lowest BCUT2D eigenvalue weighted by atomic mass is 9.95. The van der Waals surface area contributed by atoms with Crippen LogP contribution in [0.3, 0.4) is 0 Å². The Kier molecular flexibility index (Phi) is 3.98. The van der Waals surface area contributed by atoms with Crippen LogP contribution in [-0.4, -0.2) is 25.2 Å². The van der Waals surface area contributed by atoms with Gasteiger partial charge >= 0.3 is 6.09 Å². The molecule has 17 heavy (non-hydrogen) atoms. The summed E-state index contributed by atoms with van der Waals surface area (Å²) in [4.78, 5) is 11.7. The van der Waals surface area contributed by atoms with Crippen LogP contribution in [0.5, 0.6) is 5.75 Å². The second kappa shape index (κ2) is 5.68. The minimum Gasteiger partial charge on any atom is -0.410 e. The maximum atomic E-state index is 11.7. The predicted molar refractivity (Wildman–Crippen MR) is 66.0 cm³/mol. The van der Waals surface area contributed by atoms with Gasteiger partial charge in [-0.15, -0.1) is 0 Å². The molecule has 2 rings (SSSR count). The van der Waals surface area contributed by atoms with Crippen molar-refractivity contribution in [1.29, 1.82) is 0 Å².